The topological polar surface area (TPSA) is 48.1 Å². The Kier molecular flexibility index (Phi) is 3.59. The van der Waals surface area contributed by atoms with E-state index in [-0.39, 0.29) is 6.04 Å². The fraction of sp³-hybridized carbons (Fsp3) is 0.167. The maximum absolute atomic E-state index is 6.41. The van der Waals surface area contributed by atoms with Gasteiger partial charge in [0.2, 0.25) is 0 Å². The maximum Gasteiger partial charge on any atom is 0.124 e. The lowest BCUT2D eigenvalue weighted by Gasteiger charge is -2.17. The van der Waals surface area contributed by atoms with Crippen molar-refractivity contribution in [2.24, 2.45) is 5.73 Å². The monoisotopic (exact) mass is 278 g/mol. The predicted molar refractivity (Wildman–Crippen MR) is 85.5 cm³/mol. The van der Waals surface area contributed by atoms with Crippen LogP contribution in [0.15, 0.2) is 54.7 Å². The molecule has 106 valence electrons. The third-order valence-electron chi connectivity index (χ3n) is 3.69. The summed E-state index contributed by atoms with van der Waals surface area (Å²) >= 11 is 0. The number of fused-ring (bicyclic) bond motifs is 1. The average molecular weight is 278 g/mol. The molecular formula is C18H18N2O. The number of methoxy groups -OCH3 is 1. The van der Waals surface area contributed by atoms with Crippen molar-refractivity contribution in [3.63, 3.8) is 0 Å². The first-order chi connectivity index (χ1) is 10.2. The number of ether oxygens (including phenoxy) is 1. The number of rotatable bonds is 3. The molecule has 3 nitrogen and oxygen atoms in total. The van der Waals surface area contributed by atoms with Crippen LogP contribution < -0.4 is 10.5 Å². The average Bonchev–Trinajstić information content (AvgIpc) is 2.53. The summed E-state index contributed by atoms with van der Waals surface area (Å²) < 4.78 is 5.46. The highest BCUT2D eigenvalue weighted by Crippen LogP contribution is 2.30. The van der Waals surface area contributed by atoms with Crippen LogP contribution in [0.2, 0.25) is 0 Å². The zero-order valence-electron chi connectivity index (χ0n) is 12.2. The molecular weight excluding hydrogens is 260 g/mol. The van der Waals surface area contributed by atoms with Crippen molar-refractivity contribution in [2.45, 2.75) is 13.0 Å². The van der Waals surface area contributed by atoms with Crippen LogP contribution in [0.25, 0.3) is 10.9 Å². The lowest BCUT2D eigenvalue weighted by atomic mass is 9.98. The standard InChI is InChI=1S/C18H18N2O/c1-12-7-8-15(17(9-12)21-2)18(19)14-10-13-5-3-4-6-16(13)20-11-14/h3-11,18H,19H2,1-2H3. The van der Waals surface area contributed by atoms with Gasteiger partial charge in [-0.25, -0.2) is 0 Å². The van der Waals surface area contributed by atoms with E-state index in [9.17, 15) is 0 Å². The number of nitrogens with two attached hydrogens (primary N) is 1. The molecule has 3 aromatic rings. The second-order valence-electron chi connectivity index (χ2n) is 5.18. The Hall–Kier alpha value is -2.39. The lowest BCUT2D eigenvalue weighted by Crippen LogP contribution is -2.13. The van der Waals surface area contributed by atoms with Crippen LogP contribution in [0.4, 0.5) is 0 Å². The molecule has 0 saturated heterocycles. The van der Waals surface area contributed by atoms with Gasteiger partial charge in [-0.1, -0.05) is 30.3 Å². The van der Waals surface area contributed by atoms with Crippen LogP contribution in [-0.4, -0.2) is 12.1 Å². The second kappa shape index (κ2) is 5.54. The van der Waals surface area contributed by atoms with E-state index in [1.165, 1.54) is 0 Å². The fourth-order valence-corrected chi connectivity index (χ4v) is 2.51. The molecule has 0 aliphatic carbocycles. The van der Waals surface area contributed by atoms with Gasteiger partial charge in [-0.05, 0) is 36.2 Å². The number of hydrogen-bond donors (Lipinski definition) is 1. The first-order valence-electron chi connectivity index (χ1n) is 6.94. The van der Waals surface area contributed by atoms with E-state index in [4.69, 9.17) is 10.5 Å². The molecule has 0 radical (unpaired) electrons. The smallest absolute Gasteiger partial charge is 0.124 e. The number of nitrogens with zero attached hydrogens (tertiary/aromatic N) is 1. The summed E-state index contributed by atoms with van der Waals surface area (Å²) in [7, 11) is 1.67. The summed E-state index contributed by atoms with van der Waals surface area (Å²) in [4.78, 5) is 4.48. The van der Waals surface area contributed by atoms with Gasteiger partial charge in [0.1, 0.15) is 5.75 Å². The zero-order chi connectivity index (χ0) is 14.8. The van der Waals surface area contributed by atoms with Gasteiger partial charge in [0, 0.05) is 17.1 Å². The molecule has 1 unspecified atom stereocenters. The van der Waals surface area contributed by atoms with Crippen molar-refractivity contribution in [1.29, 1.82) is 0 Å². The van der Waals surface area contributed by atoms with Crippen LogP contribution >= 0.6 is 0 Å². The van der Waals surface area contributed by atoms with E-state index < -0.39 is 0 Å². The Morgan fingerprint density at radius 1 is 1.10 bits per heavy atom. The highest BCUT2D eigenvalue weighted by molar-refractivity contribution is 5.79. The highest BCUT2D eigenvalue weighted by Gasteiger charge is 2.15. The summed E-state index contributed by atoms with van der Waals surface area (Å²) in [5.74, 6) is 0.815. The maximum atomic E-state index is 6.41. The normalized spacial score (nSPS) is 12.3. The van der Waals surface area contributed by atoms with E-state index in [2.05, 4.69) is 11.1 Å². The summed E-state index contributed by atoms with van der Waals surface area (Å²) in [6.07, 6.45) is 1.84. The SMILES string of the molecule is COc1cc(C)ccc1C(N)c1cnc2ccccc2c1. The zero-order valence-corrected chi connectivity index (χ0v) is 12.2. The molecule has 0 aliphatic heterocycles. The molecule has 0 fully saturated rings. The first-order valence-corrected chi connectivity index (χ1v) is 6.94. The van der Waals surface area contributed by atoms with Crippen LogP contribution in [0.3, 0.4) is 0 Å². The predicted octanol–water partition coefficient (Wildman–Crippen LogP) is 3.60. The first kappa shape index (κ1) is 13.6. The molecule has 1 atom stereocenters. The fourth-order valence-electron chi connectivity index (χ4n) is 2.51. The number of pyridine rings is 1. The summed E-state index contributed by atoms with van der Waals surface area (Å²) in [5, 5.41) is 1.09. The van der Waals surface area contributed by atoms with Crippen LogP contribution in [-0.2, 0) is 0 Å². The largest absolute Gasteiger partial charge is 0.496 e. The van der Waals surface area contributed by atoms with Gasteiger partial charge in [-0.3, -0.25) is 4.98 Å². The quantitative estimate of drug-likeness (QED) is 0.796. The third-order valence-corrected chi connectivity index (χ3v) is 3.69. The number of hydrogen-bond acceptors (Lipinski definition) is 3. The Morgan fingerprint density at radius 2 is 1.90 bits per heavy atom. The van der Waals surface area contributed by atoms with Crippen molar-refractivity contribution in [3.05, 3.63) is 71.4 Å². The number of aryl methyl sites for hydroxylation is 1. The minimum Gasteiger partial charge on any atom is -0.496 e. The minimum absolute atomic E-state index is 0.252. The molecule has 3 heteroatoms. The second-order valence-corrected chi connectivity index (χ2v) is 5.18. The van der Waals surface area contributed by atoms with Crippen molar-refractivity contribution < 1.29 is 4.74 Å². The lowest BCUT2D eigenvalue weighted by molar-refractivity contribution is 0.407. The van der Waals surface area contributed by atoms with Crippen LogP contribution in [0, 0.1) is 6.92 Å². The Bertz CT molecular complexity index is 783. The number of para-hydroxylation sites is 1. The molecule has 1 heterocycles. The van der Waals surface area contributed by atoms with Gasteiger partial charge < -0.3 is 10.5 Å². The molecule has 0 spiro atoms. The van der Waals surface area contributed by atoms with E-state index in [0.717, 1.165) is 33.3 Å². The van der Waals surface area contributed by atoms with Crippen molar-refractivity contribution >= 4 is 10.9 Å². The third kappa shape index (κ3) is 2.60. The number of aromatic nitrogens is 1. The van der Waals surface area contributed by atoms with E-state index >= 15 is 0 Å². The van der Waals surface area contributed by atoms with Gasteiger partial charge >= 0.3 is 0 Å². The summed E-state index contributed by atoms with van der Waals surface area (Å²) in [6, 6.07) is 15.9. The van der Waals surface area contributed by atoms with Crippen LogP contribution in [0.5, 0.6) is 5.75 Å². The molecule has 0 saturated carbocycles. The molecule has 1 aromatic heterocycles. The molecule has 0 bridgehead atoms. The Balaban J connectivity index is 2.05. The molecule has 2 aromatic carbocycles. The molecule has 21 heavy (non-hydrogen) atoms. The Morgan fingerprint density at radius 3 is 2.71 bits per heavy atom. The van der Waals surface area contributed by atoms with E-state index in [1.807, 2.05) is 55.6 Å². The van der Waals surface area contributed by atoms with Gasteiger partial charge in [0.25, 0.3) is 0 Å². The summed E-state index contributed by atoms with van der Waals surface area (Å²) in [6.45, 7) is 2.04. The molecule has 0 aliphatic rings. The van der Waals surface area contributed by atoms with Crippen molar-refractivity contribution in [2.75, 3.05) is 7.11 Å². The van der Waals surface area contributed by atoms with Gasteiger partial charge in [0.15, 0.2) is 0 Å². The van der Waals surface area contributed by atoms with E-state index in [1.54, 1.807) is 7.11 Å². The number of benzene rings is 2. The molecule has 0 amide bonds. The van der Waals surface area contributed by atoms with Gasteiger partial charge in [0.05, 0.1) is 18.7 Å². The molecule has 3 rings (SSSR count). The van der Waals surface area contributed by atoms with Gasteiger partial charge in [-0.2, -0.15) is 0 Å². The highest BCUT2D eigenvalue weighted by atomic mass is 16.5. The van der Waals surface area contributed by atoms with E-state index in [0.29, 0.717) is 0 Å². The summed E-state index contributed by atoms with van der Waals surface area (Å²) in [5.41, 5.74) is 10.5. The van der Waals surface area contributed by atoms with Crippen molar-refractivity contribution in [3.8, 4) is 5.75 Å². The molecule has 2 N–H and O–H groups in total. The Labute approximate surface area is 124 Å². The minimum atomic E-state index is -0.252. The van der Waals surface area contributed by atoms with Crippen LogP contribution in [0.1, 0.15) is 22.7 Å². The van der Waals surface area contributed by atoms with Crippen molar-refractivity contribution in [1.82, 2.24) is 4.98 Å². The van der Waals surface area contributed by atoms with Gasteiger partial charge in [-0.15, -0.1) is 0 Å².